The van der Waals surface area contributed by atoms with Crippen molar-refractivity contribution in [3.05, 3.63) is 67.5 Å². The zero-order chi connectivity index (χ0) is 26.1. The van der Waals surface area contributed by atoms with E-state index >= 15 is 0 Å². The minimum atomic E-state index is -0.281. The molecule has 1 fully saturated rings. The van der Waals surface area contributed by atoms with Crippen molar-refractivity contribution in [2.75, 3.05) is 49.8 Å². The monoisotopic (exact) mass is 497 g/mol. The summed E-state index contributed by atoms with van der Waals surface area (Å²) in [7, 11) is 7.79. The van der Waals surface area contributed by atoms with Crippen LogP contribution in [0.4, 0.5) is 23.0 Å². The number of hydrogen-bond donors (Lipinski definition) is 2. The van der Waals surface area contributed by atoms with Gasteiger partial charge in [-0.05, 0) is 38.4 Å². The van der Waals surface area contributed by atoms with Gasteiger partial charge in [0.25, 0.3) is 0 Å². The van der Waals surface area contributed by atoms with Crippen molar-refractivity contribution < 1.29 is 9.53 Å². The van der Waals surface area contributed by atoms with Crippen LogP contribution in [0.1, 0.15) is 0 Å². The van der Waals surface area contributed by atoms with Crippen LogP contribution in [-0.4, -0.2) is 65.7 Å². The van der Waals surface area contributed by atoms with E-state index in [1.165, 1.54) is 6.08 Å². The number of anilines is 4. The average molecular weight is 498 g/mol. The molecular weight excluding hydrogens is 466 g/mol. The van der Waals surface area contributed by atoms with Crippen LogP contribution in [-0.2, 0) is 11.8 Å². The summed E-state index contributed by atoms with van der Waals surface area (Å²) in [5.74, 6) is 0.768. The standard InChI is InChI=1S/C28H31N7O2/c1-6-27(36)30-22-13-23(26(37-5)14-25(22)35-15-18(16-35)33(2)3)32-28-29-12-11-21(31-28)20-17-34(4)24-10-8-7-9-19(20)24/h6-14,17-18H,1,15-16H2,2-5H3,(H,30,36)(H,29,31,32). The molecule has 0 aliphatic carbocycles. The van der Waals surface area contributed by atoms with Crippen molar-refractivity contribution in [1.29, 1.82) is 0 Å². The van der Waals surface area contributed by atoms with Crippen LogP contribution in [0.2, 0.25) is 0 Å². The first-order chi connectivity index (χ1) is 17.9. The molecule has 3 heterocycles. The van der Waals surface area contributed by atoms with Crippen LogP contribution in [0, 0.1) is 0 Å². The number of carbonyl (C=O) groups is 1. The average Bonchev–Trinajstić information content (AvgIpc) is 3.20. The maximum Gasteiger partial charge on any atom is 0.247 e. The zero-order valence-corrected chi connectivity index (χ0v) is 21.5. The molecule has 2 aromatic carbocycles. The molecule has 1 aliphatic rings. The maximum absolute atomic E-state index is 12.2. The van der Waals surface area contributed by atoms with Crippen molar-refractivity contribution in [3.63, 3.8) is 0 Å². The van der Waals surface area contributed by atoms with Gasteiger partial charge in [-0.1, -0.05) is 24.8 Å². The van der Waals surface area contributed by atoms with Crippen LogP contribution in [0.25, 0.3) is 22.2 Å². The first-order valence-electron chi connectivity index (χ1n) is 12.1. The van der Waals surface area contributed by atoms with Crippen molar-refractivity contribution in [1.82, 2.24) is 19.4 Å². The molecule has 190 valence electrons. The number of para-hydroxylation sites is 1. The van der Waals surface area contributed by atoms with E-state index in [9.17, 15) is 4.79 Å². The summed E-state index contributed by atoms with van der Waals surface area (Å²) >= 11 is 0. The number of benzene rings is 2. The van der Waals surface area contributed by atoms with Gasteiger partial charge >= 0.3 is 0 Å². The molecule has 0 saturated carbocycles. The van der Waals surface area contributed by atoms with Crippen molar-refractivity contribution in [3.8, 4) is 17.0 Å². The first-order valence-corrected chi connectivity index (χ1v) is 12.1. The molecule has 4 aromatic rings. The second-order valence-corrected chi connectivity index (χ2v) is 9.35. The number of methoxy groups -OCH3 is 1. The highest BCUT2D eigenvalue weighted by atomic mass is 16.5. The van der Waals surface area contributed by atoms with Crippen molar-refractivity contribution in [2.45, 2.75) is 6.04 Å². The van der Waals surface area contributed by atoms with Gasteiger partial charge in [-0.3, -0.25) is 4.79 Å². The molecule has 9 nitrogen and oxygen atoms in total. The first kappa shape index (κ1) is 24.3. The number of carbonyl (C=O) groups excluding carboxylic acids is 1. The number of aromatic nitrogens is 3. The molecule has 0 atom stereocenters. The Bertz CT molecular complexity index is 1470. The van der Waals surface area contributed by atoms with Crippen molar-refractivity contribution >= 4 is 39.8 Å². The van der Waals surface area contributed by atoms with E-state index in [1.54, 1.807) is 13.3 Å². The van der Waals surface area contributed by atoms with Crippen LogP contribution in [0.5, 0.6) is 5.75 Å². The molecule has 37 heavy (non-hydrogen) atoms. The minimum Gasteiger partial charge on any atom is -0.494 e. The third-order valence-corrected chi connectivity index (χ3v) is 6.77. The highest BCUT2D eigenvalue weighted by Gasteiger charge is 2.31. The SMILES string of the molecule is C=CC(=O)Nc1cc(Nc2nccc(-c3cn(C)c4ccccc34)n2)c(OC)cc1N1CC(N(C)C)C1. The van der Waals surface area contributed by atoms with Gasteiger partial charge in [-0.2, -0.15) is 0 Å². The Balaban J connectivity index is 1.49. The largest absolute Gasteiger partial charge is 0.494 e. The van der Waals surface area contributed by atoms with E-state index in [1.807, 2.05) is 37.4 Å². The van der Waals surface area contributed by atoms with Gasteiger partial charge in [-0.15, -0.1) is 0 Å². The predicted molar refractivity (Wildman–Crippen MR) is 149 cm³/mol. The molecule has 2 aromatic heterocycles. The number of ether oxygens (including phenoxy) is 1. The fourth-order valence-electron chi connectivity index (χ4n) is 4.59. The molecule has 0 unspecified atom stereocenters. The lowest BCUT2D eigenvalue weighted by Crippen LogP contribution is -2.57. The Hall–Kier alpha value is -4.37. The highest BCUT2D eigenvalue weighted by molar-refractivity contribution is 6.02. The summed E-state index contributed by atoms with van der Waals surface area (Å²) in [4.78, 5) is 25.9. The fourth-order valence-corrected chi connectivity index (χ4v) is 4.59. The number of amides is 1. The van der Waals surface area contributed by atoms with Gasteiger partial charge in [0.1, 0.15) is 5.75 Å². The summed E-state index contributed by atoms with van der Waals surface area (Å²) in [6.45, 7) is 5.31. The lowest BCUT2D eigenvalue weighted by atomic mass is 10.0. The van der Waals surface area contributed by atoms with Crippen molar-refractivity contribution in [2.24, 2.45) is 7.05 Å². The molecule has 9 heteroatoms. The quantitative estimate of drug-likeness (QED) is 0.352. The second kappa shape index (κ2) is 9.94. The molecule has 1 aliphatic heterocycles. The second-order valence-electron chi connectivity index (χ2n) is 9.35. The van der Waals surface area contributed by atoms with E-state index in [2.05, 4.69) is 69.0 Å². The predicted octanol–water partition coefficient (Wildman–Crippen LogP) is 4.26. The van der Waals surface area contributed by atoms with Gasteiger partial charge in [0.15, 0.2) is 0 Å². The molecule has 1 saturated heterocycles. The third kappa shape index (κ3) is 4.73. The normalized spacial score (nSPS) is 13.5. The molecule has 0 bridgehead atoms. The number of fused-ring (bicyclic) bond motifs is 1. The lowest BCUT2D eigenvalue weighted by molar-refractivity contribution is -0.111. The van der Waals surface area contributed by atoms with Crippen LogP contribution >= 0.6 is 0 Å². The Morgan fingerprint density at radius 1 is 1.19 bits per heavy atom. The van der Waals surface area contributed by atoms with E-state index in [-0.39, 0.29) is 5.91 Å². The summed E-state index contributed by atoms with van der Waals surface area (Å²) in [6, 6.07) is 14.4. The van der Waals surface area contributed by atoms with Crippen LogP contribution in [0.15, 0.2) is 67.5 Å². The van der Waals surface area contributed by atoms with Gasteiger partial charge < -0.3 is 29.7 Å². The summed E-state index contributed by atoms with van der Waals surface area (Å²) < 4.78 is 7.81. The Kier molecular flexibility index (Phi) is 6.54. The van der Waals surface area contributed by atoms with E-state index in [0.29, 0.717) is 29.1 Å². The highest BCUT2D eigenvalue weighted by Crippen LogP contribution is 2.40. The van der Waals surface area contributed by atoms with E-state index in [4.69, 9.17) is 9.72 Å². The molecule has 0 radical (unpaired) electrons. The maximum atomic E-state index is 12.2. The van der Waals surface area contributed by atoms with Gasteiger partial charge in [0.05, 0.1) is 29.9 Å². The summed E-state index contributed by atoms with van der Waals surface area (Å²) in [5.41, 5.74) is 5.16. The molecule has 0 spiro atoms. The Morgan fingerprint density at radius 2 is 1.97 bits per heavy atom. The number of rotatable bonds is 8. The number of aryl methyl sites for hydroxylation is 1. The van der Waals surface area contributed by atoms with Gasteiger partial charge in [-0.25, -0.2) is 9.97 Å². The van der Waals surface area contributed by atoms with E-state index in [0.717, 1.165) is 40.9 Å². The van der Waals surface area contributed by atoms with Crippen LogP contribution in [0.3, 0.4) is 0 Å². The van der Waals surface area contributed by atoms with Crippen LogP contribution < -0.4 is 20.3 Å². The fraction of sp³-hybridized carbons (Fsp3) is 0.250. The number of hydrogen-bond acceptors (Lipinski definition) is 7. The van der Waals surface area contributed by atoms with Gasteiger partial charge in [0.2, 0.25) is 11.9 Å². The van der Waals surface area contributed by atoms with Gasteiger partial charge in [0, 0.05) is 61.1 Å². The third-order valence-electron chi connectivity index (χ3n) is 6.77. The molecule has 2 N–H and O–H groups in total. The summed E-state index contributed by atoms with van der Waals surface area (Å²) in [5, 5.41) is 7.35. The Morgan fingerprint density at radius 3 is 2.70 bits per heavy atom. The zero-order valence-electron chi connectivity index (χ0n) is 21.5. The topological polar surface area (TPSA) is 87.5 Å². The Labute approximate surface area is 216 Å². The lowest BCUT2D eigenvalue weighted by Gasteiger charge is -2.45. The number of likely N-dealkylation sites (N-methyl/N-ethyl adjacent to an activating group) is 1. The minimum absolute atomic E-state index is 0.281. The number of nitrogens with one attached hydrogen (secondary N) is 2. The molecule has 5 rings (SSSR count). The smallest absolute Gasteiger partial charge is 0.247 e. The molecule has 1 amide bonds. The molecular formula is C28H31N7O2. The number of nitrogens with zero attached hydrogens (tertiary/aromatic N) is 5. The van der Waals surface area contributed by atoms with E-state index < -0.39 is 0 Å². The summed E-state index contributed by atoms with van der Waals surface area (Å²) in [6.07, 6.45) is 5.06.